The molecule has 0 atom stereocenters. The van der Waals surface area contributed by atoms with E-state index in [0.717, 1.165) is 22.8 Å². The molecule has 0 radical (unpaired) electrons. The Morgan fingerprint density at radius 3 is 2.16 bits per heavy atom. The smallest absolute Gasteiger partial charge is 0.236 e. The van der Waals surface area contributed by atoms with Gasteiger partial charge in [0.15, 0.2) is 0 Å². The van der Waals surface area contributed by atoms with Crippen LogP contribution < -0.4 is 4.74 Å². The highest BCUT2D eigenvalue weighted by Gasteiger charge is 2.13. The van der Waals surface area contributed by atoms with Gasteiger partial charge in [-0.25, -0.2) is 4.68 Å². The molecule has 1 aromatic carbocycles. The Kier molecular flexibility index (Phi) is 5.61. The van der Waals surface area contributed by atoms with Crippen LogP contribution in [0.5, 0.6) is 5.88 Å². The average Bonchev–Trinajstić information content (AvgIpc) is 2.70. The molecule has 0 spiro atoms. The number of nitrogens with zero attached hydrogens (tertiary/aromatic N) is 2. The average molecular weight is 260 g/mol. The third kappa shape index (κ3) is 3.60. The molecular formula is C16H24N2O. The summed E-state index contributed by atoms with van der Waals surface area (Å²) in [6.07, 6.45) is 0.146. The van der Waals surface area contributed by atoms with Crippen molar-refractivity contribution in [3.8, 4) is 11.6 Å². The number of hydrogen-bond acceptors (Lipinski definition) is 2. The molecule has 1 heterocycles. The van der Waals surface area contributed by atoms with E-state index in [1.807, 2.05) is 69.6 Å². The summed E-state index contributed by atoms with van der Waals surface area (Å²) in [6.45, 7) is 12.1. The lowest BCUT2D eigenvalue weighted by atomic mass is 10.2. The van der Waals surface area contributed by atoms with E-state index in [0.29, 0.717) is 0 Å². The maximum Gasteiger partial charge on any atom is 0.236 e. The quantitative estimate of drug-likeness (QED) is 0.822. The van der Waals surface area contributed by atoms with E-state index in [4.69, 9.17) is 4.74 Å². The van der Waals surface area contributed by atoms with E-state index < -0.39 is 0 Å². The number of hydrogen-bond donors (Lipinski definition) is 0. The number of ether oxygens (including phenoxy) is 1. The van der Waals surface area contributed by atoms with Crippen LogP contribution in [-0.2, 0) is 0 Å². The van der Waals surface area contributed by atoms with Gasteiger partial charge >= 0.3 is 0 Å². The van der Waals surface area contributed by atoms with Gasteiger partial charge in [-0.2, -0.15) is 0 Å². The van der Waals surface area contributed by atoms with Crippen LogP contribution in [0.25, 0.3) is 5.69 Å². The molecule has 2 aromatic rings. The monoisotopic (exact) mass is 260 g/mol. The molecule has 0 fully saturated rings. The third-order valence-corrected chi connectivity index (χ3v) is 2.72. The van der Waals surface area contributed by atoms with Gasteiger partial charge in [-0.05, 0) is 39.8 Å². The largest absolute Gasteiger partial charge is 0.474 e. The van der Waals surface area contributed by atoms with Crippen molar-refractivity contribution in [1.29, 1.82) is 0 Å². The molecule has 0 unspecified atom stereocenters. The summed E-state index contributed by atoms with van der Waals surface area (Å²) in [5.74, 6) is 0.723. The first kappa shape index (κ1) is 15.3. The molecule has 0 N–H and O–H groups in total. The first-order valence-electron chi connectivity index (χ1n) is 6.88. The Morgan fingerprint density at radius 2 is 1.63 bits per heavy atom. The van der Waals surface area contributed by atoms with Gasteiger partial charge in [-0.3, -0.25) is 0 Å². The van der Waals surface area contributed by atoms with Crippen LogP contribution in [0.2, 0.25) is 0 Å². The molecular weight excluding hydrogens is 236 g/mol. The zero-order valence-electron chi connectivity index (χ0n) is 12.8. The molecule has 0 aliphatic rings. The second-order valence-corrected chi connectivity index (χ2v) is 4.43. The topological polar surface area (TPSA) is 27.1 Å². The zero-order valence-corrected chi connectivity index (χ0v) is 12.8. The lowest BCUT2D eigenvalue weighted by Crippen LogP contribution is -2.07. The summed E-state index contributed by atoms with van der Waals surface area (Å²) >= 11 is 0. The zero-order chi connectivity index (χ0) is 14.4. The SMILES string of the molecule is CC.Cc1c(OC(C)C)nn(-c2ccccc2)c1C. The lowest BCUT2D eigenvalue weighted by molar-refractivity contribution is 0.230. The van der Waals surface area contributed by atoms with Gasteiger partial charge in [0.05, 0.1) is 11.8 Å². The fourth-order valence-corrected chi connectivity index (χ4v) is 1.71. The van der Waals surface area contributed by atoms with Crippen molar-refractivity contribution in [2.75, 3.05) is 0 Å². The maximum absolute atomic E-state index is 5.70. The van der Waals surface area contributed by atoms with Crippen LogP contribution in [0.4, 0.5) is 0 Å². The van der Waals surface area contributed by atoms with Gasteiger partial charge in [0.25, 0.3) is 0 Å². The lowest BCUT2D eigenvalue weighted by Gasteiger charge is -2.06. The van der Waals surface area contributed by atoms with Crippen LogP contribution in [0, 0.1) is 13.8 Å². The van der Waals surface area contributed by atoms with Crippen LogP contribution >= 0.6 is 0 Å². The van der Waals surface area contributed by atoms with E-state index in [-0.39, 0.29) is 6.10 Å². The second kappa shape index (κ2) is 6.98. The maximum atomic E-state index is 5.70. The predicted molar refractivity (Wildman–Crippen MR) is 80.2 cm³/mol. The fraction of sp³-hybridized carbons (Fsp3) is 0.438. The Hall–Kier alpha value is -1.77. The number of aromatic nitrogens is 2. The highest BCUT2D eigenvalue weighted by molar-refractivity contribution is 5.38. The van der Waals surface area contributed by atoms with Gasteiger partial charge in [0.1, 0.15) is 0 Å². The molecule has 0 saturated carbocycles. The Morgan fingerprint density at radius 1 is 1.05 bits per heavy atom. The fourth-order valence-electron chi connectivity index (χ4n) is 1.71. The van der Waals surface area contributed by atoms with Gasteiger partial charge in [0.2, 0.25) is 5.88 Å². The second-order valence-electron chi connectivity index (χ2n) is 4.43. The summed E-state index contributed by atoms with van der Waals surface area (Å²) in [7, 11) is 0. The summed E-state index contributed by atoms with van der Waals surface area (Å²) < 4.78 is 7.62. The molecule has 0 aliphatic heterocycles. The highest BCUT2D eigenvalue weighted by Crippen LogP contribution is 2.23. The van der Waals surface area contributed by atoms with Crippen LogP contribution in [0.15, 0.2) is 30.3 Å². The van der Waals surface area contributed by atoms with Crippen molar-refractivity contribution in [2.24, 2.45) is 0 Å². The number of para-hydroxylation sites is 1. The first-order valence-corrected chi connectivity index (χ1v) is 6.88. The van der Waals surface area contributed by atoms with Crippen molar-refractivity contribution >= 4 is 0 Å². The van der Waals surface area contributed by atoms with E-state index in [1.165, 1.54) is 0 Å². The summed E-state index contributed by atoms with van der Waals surface area (Å²) in [4.78, 5) is 0. The molecule has 19 heavy (non-hydrogen) atoms. The molecule has 0 amide bonds. The number of benzene rings is 1. The molecule has 0 aliphatic carbocycles. The summed E-state index contributed by atoms with van der Waals surface area (Å²) in [5, 5.41) is 4.51. The Balaban J connectivity index is 0.000000861. The van der Waals surface area contributed by atoms with Crippen molar-refractivity contribution in [3.05, 3.63) is 41.6 Å². The summed E-state index contributed by atoms with van der Waals surface area (Å²) in [6, 6.07) is 10.1. The molecule has 0 bridgehead atoms. The van der Waals surface area contributed by atoms with E-state index in [2.05, 4.69) is 12.0 Å². The van der Waals surface area contributed by atoms with E-state index >= 15 is 0 Å². The minimum Gasteiger partial charge on any atom is -0.474 e. The van der Waals surface area contributed by atoms with E-state index in [1.54, 1.807) is 0 Å². The van der Waals surface area contributed by atoms with Crippen molar-refractivity contribution in [3.63, 3.8) is 0 Å². The van der Waals surface area contributed by atoms with Crippen LogP contribution in [0.3, 0.4) is 0 Å². The molecule has 1 aromatic heterocycles. The standard InChI is InChI=1S/C14H18N2O.C2H6/c1-10(2)17-14-11(3)12(4)16(15-14)13-8-6-5-7-9-13;1-2/h5-10H,1-4H3;1-2H3. The highest BCUT2D eigenvalue weighted by atomic mass is 16.5. The Bertz CT molecular complexity index is 501. The molecule has 104 valence electrons. The number of rotatable bonds is 3. The third-order valence-electron chi connectivity index (χ3n) is 2.72. The predicted octanol–water partition coefficient (Wildman–Crippen LogP) is 4.30. The summed E-state index contributed by atoms with van der Waals surface area (Å²) in [5.41, 5.74) is 3.28. The van der Waals surface area contributed by atoms with Crippen LogP contribution in [-0.4, -0.2) is 15.9 Å². The molecule has 0 saturated heterocycles. The first-order chi connectivity index (χ1) is 9.09. The minimum absolute atomic E-state index is 0.146. The van der Waals surface area contributed by atoms with Gasteiger partial charge < -0.3 is 4.74 Å². The van der Waals surface area contributed by atoms with Crippen molar-refractivity contribution in [2.45, 2.75) is 47.6 Å². The van der Waals surface area contributed by atoms with Crippen molar-refractivity contribution in [1.82, 2.24) is 9.78 Å². The van der Waals surface area contributed by atoms with Gasteiger partial charge in [-0.15, -0.1) is 5.10 Å². The van der Waals surface area contributed by atoms with Crippen LogP contribution in [0.1, 0.15) is 39.0 Å². The molecule has 3 heteroatoms. The van der Waals surface area contributed by atoms with Gasteiger partial charge in [-0.1, -0.05) is 32.0 Å². The van der Waals surface area contributed by atoms with Crippen molar-refractivity contribution < 1.29 is 4.74 Å². The van der Waals surface area contributed by atoms with Gasteiger partial charge in [0, 0.05) is 11.3 Å². The molecule has 2 rings (SSSR count). The minimum atomic E-state index is 0.146. The normalized spacial score (nSPS) is 10.1. The molecule has 3 nitrogen and oxygen atoms in total. The Labute approximate surface area is 116 Å². The van der Waals surface area contributed by atoms with E-state index in [9.17, 15) is 0 Å².